The highest BCUT2D eigenvalue weighted by Crippen LogP contribution is 2.26. The van der Waals surface area contributed by atoms with Gasteiger partial charge in [-0.25, -0.2) is 5.10 Å². The predicted molar refractivity (Wildman–Crippen MR) is 128 cm³/mol. The maximum absolute atomic E-state index is 12.4. The number of H-pyrrole nitrogens is 1. The van der Waals surface area contributed by atoms with E-state index in [0.717, 1.165) is 36.0 Å². The summed E-state index contributed by atoms with van der Waals surface area (Å²) in [4.78, 5) is 26.9. The molecule has 1 aliphatic rings. The van der Waals surface area contributed by atoms with Crippen LogP contribution in [0.2, 0.25) is 0 Å². The molecule has 1 fully saturated rings. The summed E-state index contributed by atoms with van der Waals surface area (Å²) in [6.07, 6.45) is 6.43. The van der Waals surface area contributed by atoms with Crippen molar-refractivity contribution in [3.05, 3.63) is 58.9 Å². The molecular formula is C24H29ClN4O2. The summed E-state index contributed by atoms with van der Waals surface area (Å²) in [5.74, 6) is 0.0325. The van der Waals surface area contributed by atoms with Crippen LogP contribution >= 0.6 is 12.4 Å². The number of benzene rings is 2. The Balaban J connectivity index is 0.00000272. The summed E-state index contributed by atoms with van der Waals surface area (Å²) >= 11 is 0. The van der Waals surface area contributed by atoms with E-state index in [4.69, 9.17) is 0 Å². The van der Waals surface area contributed by atoms with Crippen molar-refractivity contribution in [1.29, 1.82) is 0 Å². The highest BCUT2D eigenvalue weighted by Gasteiger charge is 2.11. The van der Waals surface area contributed by atoms with Crippen molar-refractivity contribution in [3.63, 3.8) is 0 Å². The van der Waals surface area contributed by atoms with Crippen molar-refractivity contribution in [1.82, 2.24) is 15.1 Å². The lowest BCUT2D eigenvalue weighted by molar-refractivity contribution is -0.116. The standard InChI is InChI=1S/C24H28N4O2.ClH/c29-22(13-4-7-16-28-14-5-1-6-15-28)25-19-10-8-9-18(17-19)23-20-11-2-3-12-21(20)24(30)27-26-23;/h2-3,8-12,17H,1,4-7,13-16H2,(H,25,29)(H,27,30);1H. The molecule has 0 radical (unpaired) electrons. The largest absolute Gasteiger partial charge is 0.326 e. The van der Waals surface area contributed by atoms with E-state index in [0.29, 0.717) is 17.5 Å². The molecule has 0 unspecified atom stereocenters. The van der Waals surface area contributed by atoms with E-state index in [1.54, 1.807) is 6.07 Å². The Hall–Kier alpha value is -2.70. The first kappa shape index (κ1) is 23.0. The summed E-state index contributed by atoms with van der Waals surface area (Å²) in [6.45, 7) is 3.49. The third kappa shape index (κ3) is 5.93. The first-order chi connectivity index (χ1) is 14.7. The van der Waals surface area contributed by atoms with E-state index in [-0.39, 0.29) is 23.9 Å². The van der Waals surface area contributed by atoms with Crippen molar-refractivity contribution in [3.8, 4) is 11.3 Å². The highest BCUT2D eigenvalue weighted by molar-refractivity contribution is 5.95. The highest BCUT2D eigenvalue weighted by atomic mass is 35.5. The van der Waals surface area contributed by atoms with Gasteiger partial charge in [-0.15, -0.1) is 12.4 Å². The average molecular weight is 441 g/mol. The number of piperidine rings is 1. The molecule has 31 heavy (non-hydrogen) atoms. The normalized spacial score (nSPS) is 14.2. The van der Waals surface area contributed by atoms with E-state index in [1.165, 1.54) is 32.4 Å². The summed E-state index contributed by atoms with van der Waals surface area (Å²) in [7, 11) is 0. The maximum Gasteiger partial charge on any atom is 0.272 e. The minimum Gasteiger partial charge on any atom is -0.326 e. The van der Waals surface area contributed by atoms with E-state index < -0.39 is 0 Å². The number of amides is 1. The van der Waals surface area contributed by atoms with Crippen LogP contribution in [0.15, 0.2) is 53.3 Å². The third-order valence-electron chi connectivity index (χ3n) is 5.69. The number of hydrogen-bond acceptors (Lipinski definition) is 4. The van der Waals surface area contributed by atoms with Crippen molar-refractivity contribution < 1.29 is 4.79 Å². The molecule has 1 aliphatic heterocycles. The Bertz CT molecular complexity index is 1080. The fourth-order valence-corrected chi connectivity index (χ4v) is 4.11. The van der Waals surface area contributed by atoms with Gasteiger partial charge in [0.25, 0.3) is 5.56 Å². The zero-order valence-corrected chi connectivity index (χ0v) is 18.4. The van der Waals surface area contributed by atoms with Gasteiger partial charge in [0.15, 0.2) is 0 Å². The Morgan fingerprint density at radius 2 is 1.77 bits per heavy atom. The number of aromatic nitrogens is 2. The molecule has 2 N–H and O–H groups in total. The molecule has 0 aliphatic carbocycles. The number of carbonyl (C=O) groups excluding carboxylic acids is 1. The van der Waals surface area contributed by atoms with E-state index in [2.05, 4.69) is 20.4 Å². The minimum atomic E-state index is -0.205. The first-order valence-electron chi connectivity index (χ1n) is 10.8. The molecule has 2 aromatic carbocycles. The number of carbonyl (C=O) groups is 1. The van der Waals surface area contributed by atoms with Crippen LogP contribution in [0.25, 0.3) is 22.0 Å². The molecule has 6 nitrogen and oxygen atoms in total. The monoisotopic (exact) mass is 440 g/mol. The number of nitrogens with zero attached hydrogens (tertiary/aromatic N) is 2. The van der Waals surface area contributed by atoms with Crippen LogP contribution in [-0.4, -0.2) is 40.6 Å². The molecular weight excluding hydrogens is 412 g/mol. The van der Waals surface area contributed by atoms with Crippen molar-refractivity contribution in [2.24, 2.45) is 0 Å². The van der Waals surface area contributed by atoms with Gasteiger partial charge in [0, 0.05) is 23.1 Å². The second kappa shape index (κ2) is 11.1. The maximum atomic E-state index is 12.4. The van der Waals surface area contributed by atoms with Crippen LogP contribution in [-0.2, 0) is 4.79 Å². The fourth-order valence-electron chi connectivity index (χ4n) is 4.11. The zero-order valence-electron chi connectivity index (χ0n) is 17.6. The molecule has 3 aromatic rings. The van der Waals surface area contributed by atoms with Gasteiger partial charge in [0.05, 0.1) is 11.1 Å². The molecule has 0 bridgehead atoms. The molecule has 1 aromatic heterocycles. The number of nitrogens with one attached hydrogen (secondary N) is 2. The average Bonchev–Trinajstić information content (AvgIpc) is 2.78. The van der Waals surface area contributed by atoms with Crippen LogP contribution in [0.3, 0.4) is 0 Å². The molecule has 7 heteroatoms. The van der Waals surface area contributed by atoms with Gasteiger partial charge in [0.1, 0.15) is 0 Å². The van der Waals surface area contributed by atoms with Gasteiger partial charge < -0.3 is 10.2 Å². The summed E-state index contributed by atoms with van der Waals surface area (Å²) < 4.78 is 0. The topological polar surface area (TPSA) is 78.1 Å². The van der Waals surface area contributed by atoms with E-state index in [1.807, 2.05) is 42.5 Å². The van der Waals surface area contributed by atoms with Crippen molar-refractivity contribution in [2.75, 3.05) is 25.0 Å². The third-order valence-corrected chi connectivity index (χ3v) is 5.69. The first-order valence-corrected chi connectivity index (χ1v) is 10.8. The van der Waals surface area contributed by atoms with Gasteiger partial charge in [0.2, 0.25) is 5.91 Å². The van der Waals surface area contributed by atoms with Gasteiger partial charge in [-0.2, -0.15) is 5.10 Å². The van der Waals surface area contributed by atoms with Crippen LogP contribution in [0.4, 0.5) is 5.69 Å². The van der Waals surface area contributed by atoms with Crippen LogP contribution in [0, 0.1) is 0 Å². The lowest BCUT2D eigenvalue weighted by Crippen LogP contribution is -2.30. The predicted octanol–water partition coefficient (Wildman–Crippen LogP) is 4.61. The van der Waals surface area contributed by atoms with Crippen LogP contribution in [0.1, 0.15) is 38.5 Å². The molecule has 0 saturated carbocycles. The lowest BCUT2D eigenvalue weighted by atomic mass is 10.0. The van der Waals surface area contributed by atoms with Crippen LogP contribution in [0.5, 0.6) is 0 Å². The lowest BCUT2D eigenvalue weighted by Gasteiger charge is -2.26. The van der Waals surface area contributed by atoms with E-state index in [9.17, 15) is 9.59 Å². The molecule has 0 atom stereocenters. The number of anilines is 1. The number of hydrogen-bond donors (Lipinski definition) is 2. The summed E-state index contributed by atoms with van der Waals surface area (Å²) in [6, 6.07) is 15.0. The number of rotatable bonds is 7. The van der Waals surface area contributed by atoms with Crippen LogP contribution < -0.4 is 10.9 Å². The van der Waals surface area contributed by atoms with Gasteiger partial charge in [-0.1, -0.05) is 36.8 Å². The van der Waals surface area contributed by atoms with Crippen molar-refractivity contribution >= 4 is 34.8 Å². The van der Waals surface area contributed by atoms with Crippen molar-refractivity contribution in [2.45, 2.75) is 38.5 Å². The molecule has 1 saturated heterocycles. The number of likely N-dealkylation sites (tertiary alicyclic amines) is 1. The van der Waals surface area contributed by atoms with E-state index >= 15 is 0 Å². The minimum absolute atomic E-state index is 0. The van der Waals surface area contributed by atoms with Gasteiger partial charge >= 0.3 is 0 Å². The van der Waals surface area contributed by atoms with Gasteiger partial charge in [-0.05, 0) is 63.5 Å². The quantitative estimate of drug-likeness (QED) is 0.526. The van der Waals surface area contributed by atoms with Gasteiger partial charge in [-0.3, -0.25) is 9.59 Å². The molecule has 164 valence electrons. The molecule has 2 heterocycles. The zero-order chi connectivity index (χ0) is 20.8. The molecule has 4 rings (SSSR count). The molecule has 0 spiro atoms. The molecule has 1 amide bonds. The summed E-state index contributed by atoms with van der Waals surface area (Å²) in [5, 5.41) is 11.2. The Morgan fingerprint density at radius 3 is 2.58 bits per heavy atom. The Kier molecular flexibility index (Phi) is 8.20. The fraction of sp³-hybridized carbons (Fsp3) is 0.375. The Morgan fingerprint density at radius 1 is 1.00 bits per heavy atom. The number of halogens is 1. The smallest absolute Gasteiger partial charge is 0.272 e. The second-order valence-corrected chi connectivity index (χ2v) is 7.94. The number of aromatic amines is 1. The second-order valence-electron chi connectivity index (χ2n) is 7.94. The number of fused-ring (bicyclic) bond motifs is 1. The Labute approximate surface area is 188 Å². The number of unbranched alkanes of at least 4 members (excludes halogenated alkanes) is 1. The SMILES string of the molecule is Cl.O=C(CCCCN1CCCCC1)Nc1cccc(-c2n[nH]c(=O)c3ccccc23)c1. The summed E-state index contributed by atoms with van der Waals surface area (Å²) in [5.41, 5.74) is 2.09.